The van der Waals surface area contributed by atoms with Crippen LogP contribution in [0.4, 0.5) is 17.6 Å². The summed E-state index contributed by atoms with van der Waals surface area (Å²) in [5.41, 5.74) is 6.93. The first-order valence-electron chi connectivity index (χ1n) is 9.46. The maximum Gasteiger partial charge on any atom is 0.320 e. The average molecular weight is 427 g/mol. The van der Waals surface area contributed by atoms with E-state index in [1.54, 1.807) is 0 Å². The fraction of sp³-hybridized carbons (Fsp3) is 0.474. The van der Waals surface area contributed by atoms with Crippen molar-refractivity contribution >= 4 is 5.91 Å². The van der Waals surface area contributed by atoms with E-state index in [0.29, 0.717) is 16.7 Å². The Labute approximate surface area is 169 Å². The molecule has 162 valence electrons. The van der Waals surface area contributed by atoms with Crippen molar-refractivity contribution in [3.05, 3.63) is 52.6 Å². The van der Waals surface area contributed by atoms with E-state index in [9.17, 15) is 22.4 Å². The first-order valence-corrected chi connectivity index (χ1v) is 9.46. The number of alkyl halides is 2. The number of amides is 1. The molecule has 2 aliphatic rings. The fourth-order valence-corrected chi connectivity index (χ4v) is 4.14. The van der Waals surface area contributed by atoms with Crippen LogP contribution in [-0.4, -0.2) is 46.1 Å². The lowest BCUT2D eigenvalue weighted by molar-refractivity contribution is -0.0539. The summed E-state index contributed by atoms with van der Waals surface area (Å²) in [6, 6.07) is 2.31. The molecular weight excluding hydrogens is 406 g/mol. The summed E-state index contributed by atoms with van der Waals surface area (Å²) in [5.74, 6) is -2.18. The van der Waals surface area contributed by atoms with E-state index in [1.807, 2.05) is 4.90 Å². The van der Waals surface area contributed by atoms with Gasteiger partial charge in [-0.15, -0.1) is 0 Å². The fourth-order valence-electron chi connectivity index (χ4n) is 4.14. The summed E-state index contributed by atoms with van der Waals surface area (Å²) in [7, 11) is 1.35. The molecule has 1 aromatic heterocycles. The van der Waals surface area contributed by atoms with Gasteiger partial charge in [0, 0.05) is 37.8 Å². The largest absolute Gasteiger partial charge is 0.370 e. The molecule has 30 heavy (non-hydrogen) atoms. The predicted molar refractivity (Wildman–Crippen MR) is 97.5 cm³/mol. The van der Waals surface area contributed by atoms with E-state index < -0.39 is 36.2 Å². The van der Waals surface area contributed by atoms with Crippen LogP contribution in [0.15, 0.2) is 18.2 Å². The molecule has 0 radical (unpaired) electrons. The number of aromatic nitrogens is 2. The van der Waals surface area contributed by atoms with Crippen molar-refractivity contribution in [3.8, 4) is 0 Å². The van der Waals surface area contributed by atoms with Crippen LogP contribution in [0, 0.1) is 11.6 Å². The molecule has 0 spiro atoms. The zero-order chi connectivity index (χ0) is 21.6. The van der Waals surface area contributed by atoms with Crippen LogP contribution >= 0.6 is 0 Å². The number of fused-ring (bicyclic) bond motifs is 1. The molecule has 0 aliphatic carbocycles. The molecule has 1 amide bonds. The summed E-state index contributed by atoms with van der Waals surface area (Å²) < 4.78 is 61.1. The number of benzene rings is 1. The molecule has 3 N–H and O–H groups in total. The Hall–Kier alpha value is -2.50. The Bertz CT molecular complexity index is 967. The van der Waals surface area contributed by atoms with E-state index in [1.165, 1.54) is 7.05 Å². The summed E-state index contributed by atoms with van der Waals surface area (Å²) in [6.07, 6.45) is -0.392. The van der Waals surface area contributed by atoms with E-state index in [4.69, 9.17) is 10.5 Å². The van der Waals surface area contributed by atoms with Crippen molar-refractivity contribution < 1.29 is 27.1 Å². The molecule has 0 bridgehead atoms. The highest BCUT2D eigenvalue weighted by atomic mass is 19.3. The lowest BCUT2D eigenvalue weighted by atomic mass is 9.93. The second-order valence-electron chi connectivity index (χ2n) is 7.43. The molecule has 0 saturated carbocycles. The van der Waals surface area contributed by atoms with Crippen molar-refractivity contribution in [1.29, 1.82) is 0 Å². The highest BCUT2D eigenvalue weighted by molar-refractivity contribution is 5.90. The Kier molecular flexibility index (Phi) is 5.51. The van der Waals surface area contributed by atoms with Crippen molar-refractivity contribution in [1.82, 2.24) is 19.8 Å². The zero-order valence-electron chi connectivity index (χ0n) is 16.1. The Balaban J connectivity index is 1.49. The number of imidazole rings is 1. The van der Waals surface area contributed by atoms with Gasteiger partial charge in [-0.1, -0.05) is 0 Å². The van der Waals surface area contributed by atoms with Gasteiger partial charge in [0.2, 0.25) is 5.82 Å². The minimum atomic E-state index is -2.90. The van der Waals surface area contributed by atoms with Crippen LogP contribution in [0.1, 0.15) is 46.6 Å². The van der Waals surface area contributed by atoms with Crippen LogP contribution in [0.3, 0.4) is 0 Å². The van der Waals surface area contributed by atoms with Gasteiger partial charge >= 0.3 is 6.55 Å². The maximum absolute atomic E-state index is 14.1. The molecule has 0 unspecified atom stereocenters. The van der Waals surface area contributed by atoms with Gasteiger partial charge in [0.15, 0.2) is 0 Å². The second kappa shape index (κ2) is 7.97. The lowest BCUT2D eigenvalue weighted by Gasteiger charge is -2.38. The number of hydrogen-bond acceptors (Lipinski definition) is 5. The molecule has 3 atom stereocenters. The molecule has 7 nitrogen and oxygen atoms in total. The standard InChI is InChI=1S/C19H21F4N5O2/c1-25-18(29)17-26-14-6-27(7-15(14)28(17)19(22)23)10-5-13(24)16(30-8-10)11-4-9(20)2-3-12(11)21/h2-4,10,13,16,19H,5-8,24H2,1H3,(H,25,29)/t10-,13+,16-/m1/s1. The number of carbonyl (C=O) groups is 1. The summed E-state index contributed by atoms with van der Waals surface area (Å²) >= 11 is 0. The predicted octanol–water partition coefficient (Wildman–Crippen LogP) is 2.09. The number of ether oxygens (including phenoxy) is 1. The van der Waals surface area contributed by atoms with E-state index in [2.05, 4.69) is 10.3 Å². The molecule has 2 aromatic rings. The minimum Gasteiger partial charge on any atom is -0.370 e. The summed E-state index contributed by atoms with van der Waals surface area (Å²) in [5, 5.41) is 2.31. The van der Waals surface area contributed by atoms with Gasteiger partial charge in [0.25, 0.3) is 5.91 Å². The number of nitrogens with one attached hydrogen (secondary N) is 1. The zero-order valence-corrected chi connectivity index (χ0v) is 16.1. The third-order valence-electron chi connectivity index (χ3n) is 5.61. The van der Waals surface area contributed by atoms with E-state index in [0.717, 1.165) is 18.2 Å². The van der Waals surface area contributed by atoms with Crippen LogP contribution in [0.25, 0.3) is 0 Å². The third kappa shape index (κ3) is 3.57. The smallest absolute Gasteiger partial charge is 0.320 e. The first-order chi connectivity index (χ1) is 14.3. The molecule has 4 rings (SSSR count). The topological polar surface area (TPSA) is 85.4 Å². The highest BCUT2D eigenvalue weighted by Gasteiger charge is 2.39. The number of nitrogens with two attached hydrogens (primary N) is 1. The van der Waals surface area contributed by atoms with Crippen molar-refractivity contribution in [2.24, 2.45) is 5.73 Å². The van der Waals surface area contributed by atoms with Gasteiger partial charge in [0.05, 0.1) is 18.0 Å². The van der Waals surface area contributed by atoms with Gasteiger partial charge in [-0.2, -0.15) is 8.78 Å². The number of hydrogen-bond donors (Lipinski definition) is 2. The summed E-state index contributed by atoms with van der Waals surface area (Å²) in [6.45, 7) is -2.31. The number of rotatable bonds is 4. The molecule has 2 aliphatic heterocycles. The van der Waals surface area contributed by atoms with Crippen LogP contribution in [-0.2, 0) is 17.8 Å². The first kappa shape index (κ1) is 20.8. The summed E-state index contributed by atoms with van der Waals surface area (Å²) in [4.78, 5) is 17.8. The second-order valence-corrected chi connectivity index (χ2v) is 7.43. The Morgan fingerprint density at radius 3 is 2.77 bits per heavy atom. The van der Waals surface area contributed by atoms with E-state index in [-0.39, 0.29) is 42.8 Å². The third-order valence-corrected chi connectivity index (χ3v) is 5.61. The quantitative estimate of drug-likeness (QED) is 0.730. The SMILES string of the molecule is CNC(=O)c1nc2c(n1C(F)F)CN([C@H]1CO[C@H](c3cc(F)ccc3F)[C@@H](N)C1)C2. The van der Waals surface area contributed by atoms with Gasteiger partial charge in [-0.25, -0.2) is 13.8 Å². The number of halogens is 4. The van der Waals surface area contributed by atoms with Gasteiger partial charge in [0.1, 0.15) is 17.7 Å². The average Bonchev–Trinajstić information content (AvgIpc) is 3.27. The minimum absolute atomic E-state index is 0.0617. The van der Waals surface area contributed by atoms with E-state index >= 15 is 0 Å². The Morgan fingerprint density at radius 1 is 1.33 bits per heavy atom. The molecule has 11 heteroatoms. The van der Waals surface area contributed by atoms with Crippen LogP contribution < -0.4 is 11.1 Å². The Morgan fingerprint density at radius 2 is 2.10 bits per heavy atom. The molecule has 1 fully saturated rings. The normalized spacial score (nSPS) is 24.3. The maximum atomic E-state index is 14.1. The molecule has 1 aromatic carbocycles. The number of carbonyl (C=O) groups excluding carboxylic acids is 1. The van der Waals surface area contributed by atoms with Gasteiger partial charge in [-0.3, -0.25) is 14.3 Å². The van der Waals surface area contributed by atoms with Crippen molar-refractivity contribution in [3.63, 3.8) is 0 Å². The van der Waals surface area contributed by atoms with Crippen LogP contribution in [0.2, 0.25) is 0 Å². The molecule has 3 heterocycles. The van der Waals surface area contributed by atoms with Gasteiger partial charge in [-0.05, 0) is 24.6 Å². The molecular formula is C19H21F4N5O2. The monoisotopic (exact) mass is 427 g/mol. The van der Waals surface area contributed by atoms with Gasteiger partial charge < -0.3 is 15.8 Å². The van der Waals surface area contributed by atoms with Crippen LogP contribution in [0.5, 0.6) is 0 Å². The number of nitrogens with zero attached hydrogens (tertiary/aromatic N) is 3. The molecule has 1 saturated heterocycles. The lowest BCUT2D eigenvalue weighted by Crippen LogP contribution is -2.48. The van der Waals surface area contributed by atoms with Crippen molar-refractivity contribution in [2.75, 3.05) is 13.7 Å². The van der Waals surface area contributed by atoms with Crippen molar-refractivity contribution in [2.45, 2.75) is 44.2 Å². The highest BCUT2D eigenvalue weighted by Crippen LogP contribution is 2.35.